The molecule has 1 unspecified atom stereocenters. The predicted molar refractivity (Wildman–Crippen MR) is 71.4 cm³/mol. The van der Waals surface area contributed by atoms with E-state index in [1.54, 1.807) is 4.90 Å². The Kier molecular flexibility index (Phi) is 4.36. The maximum Gasteiger partial charge on any atom is 0.303 e. The number of carboxylic acids is 1. The first kappa shape index (κ1) is 14.5. The van der Waals surface area contributed by atoms with Crippen molar-refractivity contribution in [2.75, 3.05) is 13.1 Å². The van der Waals surface area contributed by atoms with Gasteiger partial charge in [0.25, 0.3) is 5.91 Å². The summed E-state index contributed by atoms with van der Waals surface area (Å²) in [6.07, 6.45) is 1.62. The van der Waals surface area contributed by atoms with E-state index >= 15 is 0 Å². The van der Waals surface area contributed by atoms with Gasteiger partial charge in [-0.3, -0.25) is 14.7 Å². The molecule has 1 aromatic rings. The van der Waals surface area contributed by atoms with E-state index in [1.165, 1.54) is 0 Å². The normalized spacial score (nSPS) is 18.8. The summed E-state index contributed by atoms with van der Waals surface area (Å²) >= 11 is 0. The number of amides is 1. The van der Waals surface area contributed by atoms with Gasteiger partial charge < -0.3 is 10.0 Å². The lowest BCUT2D eigenvalue weighted by atomic mass is 10.0. The van der Waals surface area contributed by atoms with E-state index < -0.39 is 5.97 Å². The highest BCUT2D eigenvalue weighted by Crippen LogP contribution is 2.22. The van der Waals surface area contributed by atoms with E-state index in [2.05, 4.69) is 15.2 Å². The molecule has 1 saturated heterocycles. The fourth-order valence-corrected chi connectivity index (χ4v) is 2.35. The summed E-state index contributed by atoms with van der Waals surface area (Å²) < 4.78 is 0. The number of H-pyrrole nitrogens is 1. The van der Waals surface area contributed by atoms with Crippen LogP contribution in [-0.4, -0.2) is 50.2 Å². The molecule has 1 fully saturated rings. The van der Waals surface area contributed by atoms with Crippen molar-refractivity contribution in [3.63, 3.8) is 0 Å². The molecule has 0 aliphatic carbocycles. The number of carbonyl (C=O) groups is 2. The number of aromatic amines is 1. The third kappa shape index (κ3) is 3.34. The van der Waals surface area contributed by atoms with Crippen molar-refractivity contribution in [3.8, 4) is 0 Å². The number of aromatic nitrogens is 3. The van der Waals surface area contributed by atoms with Crippen LogP contribution in [0.2, 0.25) is 0 Å². The first-order chi connectivity index (χ1) is 9.47. The number of carboxylic acid groups (broad SMARTS) is 1. The first-order valence-corrected chi connectivity index (χ1v) is 6.90. The van der Waals surface area contributed by atoms with E-state index in [1.807, 2.05) is 13.8 Å². The van der Waals surface area contributed by atoms with Crippen molar-refractivity contribution in [3.05, 3.63) is 11.6 Å². The van der Waals surface area contributed by atoms with Crippen molar-refractivity contribution < 1.29 is 14.7 Å². The number of rotatable bonds is 5. The molecule has 20 heavy (non-hydrogen) atoms. The smallest absolute Gasteiger partial charge is 0.303 e. The van der Waals surface area contributed by atoms with Gasteiger partial charge in [0, 0.05) is 25.4 Å². The largest absolute Gasteiger partial charge is 0.481 e. The fourth-order valence-electron chi connectivity index (χ4n) is 2.35. The summed E-state index contributed by atoms with van der Waals surface area (Å²) in [6.45, 7) is 5.20. The van der Waals surface area contributed by atoms with Crippen LogP contribution in [-0.2, 0) is 4.79 Å². The molecule has 1 aliphatic heterocycles. The van der Waals surface area contributed by atoms with Crippen LogP contribution in [0.15, 0.2) is 0 Å². The molecule has 0 bridgehead atoms. The van der Waals surface area contributed by atoms with Gasteiger partial charge >= 0.3 is 5.97 Å². The molecule has 0 aromatic carbocycles. The Hall–Kier alpha value is -1.92. The molecule has 110 valence electrons. The molecular weight excluding hydrogens is 260 g/mol. The second-order valence-corrected chi connectivity index (χ2v) is 5.54. The van der Waals surface area contributed by atoms with Crippen LogP contribution in [0.4, 0.5) is 0 Å². The monoisotopic (exact) mass is 280 g/mol. The van der Waals surface area contributed by atoms with Crippen molar-refractivity contribution >= 4 is 11.9 Å². The van der Waals surface area contributed by atoms with Crippen molar-refractivity contribution in [2.45, 2.75) is 39.0 Å². The number of carbonyl (C=O) groups excluding carboxylic acids is 1. The molecule has 0 saturated carbocycles. The number of nitrogens with zero attached hydrogens (tertiary/aromatic N) is 3. The molecule has 2 N–H and O–H groups in total. The summed E-state index contributed by atoms with van der Waals surface area (Å²) in [7, 11) is 0. The number of hydrogen-bond donors (Lipinski definition) is 2. The van der Waals surface area contributed by atoms with Gasteiger partial charge in [-0.15, -0.1) is 5.10 Å². The lowest BCUT2D eigenvalue weighted by Gasteiger charge is -2.14. The molecule has 2 rings (SSSR count). The van der Waals surface area contributed by atoms with Crippen LogP contribution in [0.5, 0.6) is 0 Å². The van der Waals surface area contributed by atoms with Crippen LogP contribution in [0.1, 0.15) is 55.5 Å². The average Bonchev–Trinajstić information content (AvgIpc) is 3.05. The highest BCUT2D eigenvalue weighted by atomic mass is 16.4. The van der Waals surface area contributed by atoms with E-state index in [0.29, 0.717) is 25.3 Å². The Morgan fingerprint density at radius 3 is 2.85 bits per heavy atom. The van der Waals surface area contributed by atoms with E-state index in [0.717, 1.165) is 6.42 Å². The molecular formula is C13H20N4O3. The predicted octanol–water partition coefficient (Wildman–Crippen LogP) is 1.25. The molecule has 7 nitrogen and oxygen atoms in total. The Morgan fingerprint density at radius 1 is 1.50 bits per heavy atom. The Bertz CT molecular complexity index is 498. The van der Waals surface area contributed by atoms with Gasteiger partial charge in [0.15, 0.2) is 0 Å². The Balaban J connectivity index is 1.91. The summed E-state index contributed by atoms with van der Waals surface area (Å²) in [5, 5.41) is 15.4. The number of aliphatic carboxylic acids is 1. The van der Waals surface area contributed by atoms with Crippen LogP contribution >= 0.6 is 0 Å². The zero-order chi connectivity index (χ0) is 14.7. The standard InChI is InChI=1S/C13H20N4O3/c1-8(2)11-14-12(16-15-11)13(20)17-6-5-9(7-17)3-4-10(18)19/h8-9H,3-7H2,1-2H3,(H,18,19)(H,14,15,16). The van der Waals surface area contributed by atoms with E-state index in [4.69, 9.17) is 5.11 Å². The highest BCUT2D eigenvalue weighted by Gasteiger charge is 2.29. The summed E-state index contributed by atoms with van der Waals surface area (Å²) in [5.74, 6) is 0.406. The molecule has 0 radical (unpaired) electrons. The fraction of sp³-hybridized carbons (Fsp3) is 0.692. The third-order valence-electron chi connectivity index (χ3n) is 3.58. The maximum atomic E-state index is 12.2. The van der Waals surface area contributed by atoms with Crippen LogP contribution < -0.4 is 0 Å². The number of nitrogens with one attached hydrogen (secondary N) is 1. The summed E-state index contributed by atoms with van der Waals surface area (Å²) in [6, 6.07) is 0. The Morgan fingerprint density at radius 2 is 2.25 bits per heavy atom. The first-order valence-electron chi connectivity index (χ1n) is 6.90. The second-order valence-electron chi connectivity index (χ2n) is 5.54. The SMILES string of the molecule is CC(C)c1nc(C(=O)N2CCC(CCC(=O)O)C2)n[nH]1. The van der Waals surface area contributed by atoms with Gasteiger partial charge in [-0.1, -0.05) is 13.8 Å². The number of hydrogen-bond acceptors (Lipinski definition) is 4. The van der Waals surface area contributed by atoms with Crippen LogP contribution in [0.3, 0.4) is 0 Å². The van der Waals surface area contributed by atoms with Crippen molar-refractivity contribution in [1.82, 2.24) is 20.1 Å². The molecule has 1 atom stereocenters. The quantitative estimate of drug-likeness (QED) is 0.845. The molecule has 1 aliphatic rings. The highest BCUT2D eigenvalue weighted by molar-refractivity contribution is 5.90. The minimum Gasteiger partial charge on any atom is -0.481 e. The zero-order valence-corrected chi connectivity index (χ0v) is 11.8. The van der Waals surface area contributed by atoms with Crippen LogP contribution in [0.25, 0.3) is 0 Å². The second kappa shape index (κ2) is 6.02. The lowest BCUT2D eigenvalue weighted by molar-refractivity contribution is -0.137. The van der Waals surface area contributed by atoms with Gasteiger partial charge in [0.2, 0.25) is 5.82 Å². The number of likely N-dealkylation sites (tertiary alicyclic amines) is 1. The van der Waals surface area contributed by atoms with E-state index in [9.17, 15) is 9.59 Å². The van der Waals surface area contributed by atoms with Crippen molar-refractivity contribution in [1.29, 1.82) is 0 Å². The minimum atomic E-state index is -0.787. The Labute approximate surface area is 117 Å². The van der Waals surface area contributed by atoms with Gasteiger partial charge in [-0.2, -0.15) is 0 Å². The van der Waals surface area contributed by atoms with Crippen LogP contribution in [0, 0.1) is 5.92 Å². The third-order valence-corrected chi connectivity index (χ3v) is 3.58. The topological polar surface area (TPSA) is 99.2 Å². The van der Waals surface area contributed by atoms with Gasteiger partial charge in [-0.05, 0) is 18.8 Å². The van der Waals surface area contributed by atoms with Crippen molar-refractivity contribution in [2.24, 2.45) is 5.92 Å². The molecule has 0 spiro atoms. The molecule has 1 amide bonds. The lowest BCUT2D eigenvalue weighted by Crippen LogP contribution is -2.29. The zero-order valence-electron chi connectivity index (χ0n) is 11.8. The van der Waals surface area contributed by atoms with Gasteiger partial charge in [-0.25, -0.2) is 4.98 Å². The average molecular weight is 280 g/mol. The minimum absolute atomic E-state index is 0.158. The van der Waals surface area contributed by atoms with Gasteiger partial charge in [0.05, 0.1) is 0 Å². The van der Waals surface area contributed by atoms with E-state index in [-0.39, 0.29) is 30.0 Å². The summed E-state index contributed by atoms with van der Waals surface area (Å²) in [4.78, 5) is 28.7. The molecule has 7 heteroatoms. The molecule has 2 heterocycles. The maximum absolute atomic E-state index is 12.2. The molecule has 1 aromatic heterocycles. The summed E-state index contributed by atoms with van der Waals surface area (Å²) in [5.41, 5.74) is 0. The van der Waals surface area contributed by atoms with Gasteiger partial charge in [0.1, 0.15) is 5.82 Å².